The van der Waals surface area contributed by atoms with Crippen molar-refractivity contribution in [3.05, 3.63) is 94.0 Å². The highest BCUT2D eigenvalue weighted by molar-refractivity contribution is 6.31. The average Bonchev–Trinajstić information content (AvgIpc) is 3.41. The van der Waals surface area contributed by atoms with Gasteiger partial charge in [0.25, 0.3) is 11.8 Å². The lowest BCUT2D eigenvalue weighted by molar-refractivity contribution is 0.0858. The van der Waals surface area contributed by atoms with Crippen LogP contribution in [-0.2, 0) is 17.7 Å². The van der Waals surface area contributed by atoms with Crippen LogP contribution in [0.4, 0.5) is 11.4 Å². The van der Waals surface area contributed by atoms with Crippen molar-refractivity contribution in [3.63, 3.8) is 0 Å². The highest BCUT2D eigenvalue weighted by Gasteiger charge is 2.23. The van der Waals surface area contributed by atoms with Crippen LogP contribution in [0.15, 0.2) is 66.7 Å². The fourth-order valence-electron chi connectivity index (χ4n) is 4.71. The van der Waals surface area contributed by atoms with Gasteiger partial charge in [-0.25, -0.2) is 0 Å². The van der Waals surface area contributed by atoms with Crippen LogP contribution in [0.1, 0.15) is 44.7 Å². The van der Waals surface area contributed by atoms with E-state index in [1.165, 1.54) is 11.1 Å². The lowest BCUT2D eigenvalue weighted by atomic mass is 9.98. The van der Waals surface area contributed by atoms with E-state index in [9.17, 15) is 9.59 Å². The van der Waals surface area contributed by atoms with Crippen LogP contribution in [-0.4, -0.2) is 37.6 Å². The van der Waals surface area contributed by atoms with Gasteiger partial charge in [-0.1, -0.05) is 41.9 Å². The molecule has 7 heteroatoms. The molecule has 1 atom stereocenters. The molecule has 0 aromatic heterocycles. The Bertz CT molecular complexity index is 1240. The summed E-state index contributed by atoms with van der Waals surface area (Å²) in [5.41, 5.74) is 5.01. The Kier molecular flexibility index (Phi) is 7.02. The number of anilines is 2. The number of carbonyl (C=O) groups excluding carboxylic acids is 2. The van der Waals surface area contributed by atoms with E-state index < -0.39 is 0 Å². The molecule has 5 rings (SSSR count). The molecule has 6 nitrogen and oxygen atoms in total. The normalized spacial score (nSPS) is 17.1. The molecule has 0 aliphatic carbocycles. The first-order valence-electron chi connectivity index (χ1n) is 12.0. The molecular weight excluding hydrogens is 462 g/mol. The summed E-state index contributed by atoms with van der Waals surface area (Å²) in [6, 6.07) is 20.7. The Morgan fingerprint density at radius 3 is 2.66 bits per heavy atom. The fourth-order valence-corrected chi connectivity index (χ4v) is 4.90. The van der Waals surface area contributed by atoms with Gasteiger partial charge < -0.3 is 20.3 Å². The number of benzene rings is 3. The first-order valence-corrected chi connectivity index (χ1v) is 12.4. The molecule has 2 aliphatic rings. The van der Waals surface area contributed by atoms with E-state index in [0.29, 0.717) is 28.4 Å². The number of ether oxygens (including phenoxy) is 1. The molecule has 2 aliphatic heterocycles. The minimum Gasteiger partial charge on any atom is -0.376 e. The SMILES string of the molecule is O=C(Nc1ccc(N2CCc3ccccc3C2)c(C(=O)NCC2CCCO2)c1)c1cccc(Cl)c1. The summed E-state index contributed by atoms with van der Waals surface area (Å²) in [5.74, 6) is -0.453. The van der Waals surface area contributed by atoms with Gasteiger partial charge in [-0.3, -0.25) is 9.59 Å². The van der Waals surface area contributed by atoms with Gasteiger partial charge in [-0.15, -0.1) is 0 Å². The zero-order chi connectivity index (χ0) is 24.2. The number of rotatable bonds is 6. The summed E-state index contributed by atoms with van der Waals surface area (Å²) in [5, 5.41) is 6.43. The van der Waals surface area contributed by atoms with Crippen molar-refractivity contribution in [2.24, 2.45) is 0 Å². The molecule has 2 heterocycles. The molecule has 0 saturated carbocycles. The molecule has 180 valence electrons. The molecule has 1 fully saturated rings. The van der Waals surface area contributed by atoms with Crippen molar-refractivity contribution < 1.29 is 14.3 Å². The van der Waals surface area contributed by atoms with Crippen LogP contribution in [0.25, 0.3) is 0 Å². The maximum Gasteiger partial charge on any atom is 0.255 e. The zero-order valence-corrected chi connectivity index (χ0v) is 20.2. The van der Waals surface area contributed by atoms with Gasteiger partial charge in [0.15, 0.2) is 0 Å². The van der Waals surface area contributed by atoms with Crippen molar-refractivity contribution in [1.29, 1.82) is 0 Å². The van der Waals surface area contributed by atoms with Crippen LogP contribution < -0.4 is 15.5 Å². The van der Waals surface area contributed by atoms with E-state index in [1.54, 1.807) is 30.3 Å². The van der Waals surface area contributed by atoms with Gasteiger partial charge in [0.05, 0.1) is 11.7 Å². The molecule has 0 spiro atoms. The summed E-state index contributed by atoms with van der Waals surface area (Å²) in [6.07, 6.45) is 2.94. The summed E-state index contributed by atoms with van der Waals surface area (Å²) in [6.45, 7) is 2.76. The monoisotopic (exact) mass is 489 g/mol. The standard InChI is InChI=1S/C28H28ClN3O3/c29-22-8-3-7-20(15-22)27(33)31-23-10-11-26(32-13-12-19-5-1-2-6-21(19)18-32)25(16-23)28(34)30-17-24-9-4-14-35-24/h1-3,5-8,10-11,15-16,24H,4,9,12-14,17-18H2,(H,30,34)(H,31,33). The fraction of sp³-hybridized carbons (Fsp3) is 0.286. The minimum atomic E-state index is -0.280. The predicted octanol–water partition coefficient (Wildman–Crippen LogP) is 5.06. The molecular formula is C28H28ClN3O3. The number of nitrogens with one attached hydrogen (secondary N) is 2. The minimum absolute atomic E-state index is 0.0509. The Morgan fingerprint density at radius 1 is 1.00 bits per heavy atom. The van der Waals surface area contributed by atoms with Crippen LogP contribution in [0.3, 0.4) is 0 Å². The van der Waals surface area contributed by atoms with E-state index >= 15 is 0 Å². The predicted molar refractivity (Wildman–Crippen MR) is 138 cm³/mol. The number of carbonyl (C=O) groups is 2. The molecule has 35 heavy (non-hydrogen) atoms. The molecule has 3 aromatic rings. The van der Waals surface area contributed by atoms with E-state index in [1.807, 2.05) is 18.2 Å². The number of hydrogen-bond donors (Lipinski definition) is 2. The number of hydrogen-bond acceptors (Lipinski definition) is 4. The Labute approximate surface area is 210 Å². The molecule has 1 unspecified atom stereocenters. The van der Waals surface area contributed by atoms with Crippen LogP contribution in [0.2, 0.25) is 5.02 Å². The van der Waals surface area contributed by atoms with Gasteiger partial charge in [-0.2, -0.15) is 0 Å². The highest BCUT2D eigenvalue weighted by atomic mass is 35.5. The largest absolute Gasteiger partial charge is 0.376 e. The number of halogens is 1. The average molecular weight is 490 g/mol. The maximum absolute atomic E-state index is 13.3. The number of amides is 2. The number of fused-ring (bicyclic) bond motifs is 1. The second-order valence-electron chi connectivity index (χ2n) is 8.98. The van der Waals surface area contributed by atoms with Gasteiger partial charge >= 0.3 is 0 Å². The summed E-state index contributed by atoms with van der Waals surface area (Å²) >= 11 is 6.04. The van der Waals surface area contributed by atoms with Crippen LogP contribution in [0, 0.1) is 0 Å². The van der Waals surface area contributed by atoms with Gasteiger partial charge in [0, 0.05) is 48.2 Å². The van der Waals surface area contributed by atoms with Crippen LogP contribution >= 0.6 is 11.6 Å². The van der Waals surface area contributed by atoms with Crippen LogP contribution in [0.5, 0.6) is 0 Å². The van der Waals surface area contributed by atoms with E-state index in [0.717, 1.165) is 44.6 Å². The third-order valence-corrected chi connectivity index (χ3v) is 6.81. The molecule has 0 radical (unpaired) electrons. The Balaban J connectivity index is 1.40. The van der Waals surface area contributed by atoms with Gasteiger partial charge in [-0.05, 0) is 66.8 Å². The van der Waals surface area contributed by atoms with E-state index in [2.05, 4.69) is 33.7 Å². The van der Waals surface area contributed by atoms with Crippen molar-refractivity contribution in [2.75, 3.05) is 29.9 Å². The van der Waals surface area contributed by atoms with Gasteiger partial charge in [0.1, 0.15) is 0 Å². The summed E-state index contributed by atoms with van der Waals surface area (Å²) in [4.78, 5) is 28.3. The first kappa shape index (κ1) is 23.4. The number of nitrogens with zero attached hydrogens (tertiary/aromatic N) is 1. The second kappa shape index (κ2) is 10.5. The first-order chi connectivity index (χ1) is 17.1. The zero-order valence-electron chi connectivity index (χ0n) is 19.4. The third kappa shape index (κ3) is 5.50. The van der Waals surface area contributed by atoms with Crippen molar-refractivity contribution in [3.8, 4) is 0 Å². The summed E-state index contributed by atoms with van der Waals surface area (Å²) in [7, 11) is 0. The molecule has 0 bridgehead atoms. The Hall–Kier alpha value is -3.35. The van der Waals surface area contributed by atoms with Crippen molar-refractivity contribution in [1.82, 2.24) is 5.32 Å². The van der Waals surface area contributed by atoms with Crippen molar-refractivity contribution in [2.45, 2.75) is 31.9 Å². The topological polar surface area (TPSA) is 70.7 Å². The van der Waals surface area contributed by atoms with E-state index in [-0.39, 0.29) is 17.9 Å². The Morgan fingerprint density at radius 2 is 1.86 bits per heavy atom. The third-order valence-electron chi connectivity index (χ3n) is 6.57. The van der Waals surface area contributed by atoms with E-state index in [4.69, 9.17) is 16.3 Å². The second-order valence-corrected chi connectivity index (χ2v) is 9.42. The molecule has 1 saturated heterocycles. The molecule has 2 N–H and O–H groups in total. The smallest absolute Gasteiger partial charge is 0.255 e. The lowest BCUT2D eigenvalue weighted by Gasteiger charge is -2.32. The summed E-state index contributed by atoms with van der Waals surface area (Å²) < 4.78 is 5.67. The van der Waals surface area contributed by atoms with Gasteiger partial charge in [0.2, 0.25) is 0 Å². The highest BCUT2D eigenvalue weighted by Crippen LogP contribution is 2.30. The maximum atomic E-state index is 13.3. The quantitative estimate of drug-likeness (QED) is 0.507. The molecule has 3 aromatic carbocycles. The lowest BCUT2D eigenvalue weighted by Crippen LogP contribution is -2.35. The van der Waals surface area contributed by atoms with Crippen molar-refractivity contribution >= 4 is 34.8 Å². The molecule has 2 amide bonds.